The van der Waals surface area contributed by atoms with Crippen molar-refractivity contribution in [3.05, 3.63) is 121 Å². The van der Waals surface area contributed by atoms with Crippen LogP contribution in [0.25, 0.3) is 5.57 Å². The first-order valence-electron chi connectivity index (χ1n) is 12.0. The van der Waals surface area contributed by atoms with E-state index >= 15 is 0 Å². The molecule has 0 spiro atoms. The zero-order chi connectivity index (χ0) is 27.5. The van der Waals surface area contributed by atoms with Crippen LogP contribution in [0.15, 0.2) is 104 Å². The first kappa shape index (κ1) is 32.2. The first-order chi connectivity index (χ1) is 17.3. The van der Waals surface area contributed by atoms with Gasteiger partial charge in [-0.25, -0.2) is 4.39 Å². The summed E-state index contributed by atoms with van der Waals surface area (Å²) in [5.74, 6) is 5.08. The highest BCUT2D eigenvalue weighted by molar-refractivity contribution is 5.81. The van der Waals surface area contributed by atoms with Crippen LogP contribution < -0.4 is 28.1 Å². The minimum absolute atomic E-state index is 0.162. The predicted molar refractivity (Wildman–Crippen MR) is 156 cm³/mol. The second kappa shape index (κ2) is 18.5. The maximum atomic E-state index is 12.2. The minimum Gasteiger partial charge on any atom is -0.403 e. The number of hydrazine groups is 1. The van der Waals surface area contributed by atoms with Gasteiger partial charge in [-0.05, 0) is 55.2 Å². The summed E-state index contributed by atoms with van der Waals surface area (Å²) in [6, 6.07) is 14.8. The Hall–Kier alpha value is -3.77. The fourth-order valence-electron chi connectivity index (χ4n) is 3.78. The van der Waals surface area contributed by atoms with E-state index in [2.05, 4.69) is 63.4 Å². The summed E-state index contributed by atoms with van der Waals surface area (Å²) in [6.45, 7) is 18.5. The van der Waals surface area contributed by atoms with E-state index in [-0.39, 0.29) is 5.82 Å². The van der Waals surface area contributed by atoms with Crippen LogP contribution in [0, 0.1) is 18.7 Å². The van der Waals surface area contributed by atoms with Crippen molar-refractivity contribution < 1.29 is 4.39 Å². The van der Waals surface area contributed by atoms with Crippen LogP contribution >= 0.6 is 0 Å². The van der Waals surface area contributed by atoms with Gasteiger partial charge in [0, 0.05) is 35.3 Å². The molecule has 2 atom stereocenters. The summed E-state index contributed by atoms with van der Waals surface area (Å²) >= 11 is 0. The molecular formula is C30H44FN5. The van der Waals surface area contributed by atoms with E-state index in [1.165, 1.54) is 43.1 Å². The highest BCUT2D eigenvalue weighted by Gasteiger charge is 2.27. The van der Waals surface area contributed by atoms with Crippen LogP contribution in [0.2, 0.25) is 0 Å². The molecule has 2 unspecified atom stereocenters. The monoisotopic (exact) mass is 493 g/mol. The lowest BCUT2D eigenvalue weighted by Gasteiger charge is -2.17. The van der Waals surface area contributed by atoms with Crippen molar-refractivity contribution in [2.75, 3.05) is 5.73 Å². The molecule has 36 heavy (non-hydrogen) atoms. The van der Waals surface area contributed by atoms with Gasteiger partial charge in [-0.2, -0.15) is 0 Å². The van der Waals surface area contributed by atoms with Crippen molar-refractivity contribution in [1.82, 2.24) is 10.7 Å². The fourth-order valence-corrected chi connectivity index (χ4v) is 3.78. The number of allylic oxidation sites excluding steroid dienone is 3. The van der Waals surface area contributed by atoms with Gasteiger partial charge >= 0.3 is 0 Å². The molecule has 0 saturated carbocycles. The van der Waals surface area contributed by atoms with Gasteiger partial charge in [0.05, 0.1) is 6.04 Å². The van der Waals surface area contributed by atoms with Crippen molar-refractivity contribution >= 4 is 11.3 Å². The number of nitrogen functional groups attached to an aromatic ring is 1. The van der Waals surface area contributed by atoms with Crippen LogP contribution in [-0.4, -0.2) is 6.04 Å². The molecule has 0 fully saturated rings. The molecule has 3 rings (SSSR count). The minimum atomic E-state index is -0.162. The SMILES string of the molecule is C=C.C=C/C(=C\C1NC(C)=C(CCC)C1C)c1ccccc1N.Cc1cccc(F)c1.N/C=C\NN. The molecule has 0 bridgehead atoms. The fraction of sp³-hybridized carbons (Fsp3) is 0.267. The molecule has 0 aromatic heterocycles. The predicted octanol–water partition coefficient (Wildman–Crippen LogP) is 6.34. The summed E-state index contributed by atoms with van der Waals surface area (Å²) in [7, 11) is 0. The zero-order valence-electron chi connectivity index (χ0n) is 22.2. The average molecular weight is 494 g/mol. The molecule has 0 amide bonds. The quantitative estimate of drug-likeness (QED) is 0.106. The van der Waals surface area contributed by atoms with E-state index in [1.54, 1.807) is 11.6 Å². The number of halogens is 1. The number of para-hydroxylation sites is 1. The van der Waals surface area contributed by atoms with E-state index in [0.29, 0.717) is 12.0 Å². The first-order valence-corrected chi connectivity index (χ1v) is 12.0. The molecule has 1 heterocycles. The van der Waals surface area contributed by atoms with Gasteiger partial charge < -0.3 is 22.2 Å². The largest absolute Gasteiger partial charge is 0.403 e. The van der Waals surface area contributed by atoms with Crippen LogP contribution in [-0.2, 0) is 0 Å². The van der Waals surface area contributed by atoms with Crippen LogP contribution in [0.1, 0.15) is 44.7 Å². The Morgan fingerprint density at radius 3 is 2.25 bits per heavy atom. The molecule has 1 aliphatic heterocycles. The Bertz CT molecular complexity index is 993. The highest BCUT2D eigenvalue weighted by Crippen LogP contribution is 2.32. The lowest BCUT2D eigenvalue weighted by atomic mass is 9.91. The van der Waals surface area contributed by atoms with Crippen LogP contribution in [0.5, 0.6) is 0 Å². The third-order valence-corrected chi connectivity index (χ3v) is 5.50. The molecule has 1 aliphatic rings. The van der Waals surface area contributed by atoms with Gasteiger partial charge in [0.15, 0.2) is 0 Å². The summed E-state index contributed by atoms with van der Waals surface area (Å²) < 4.78 is 12.2. The second-order valence-corrected chi connectivity index (χ2v) is 8.10. The average Bonchev–Trinajstić information content (AvgIpc) is 3.13. The molecule has 2 aromatic rings. The molecule has 8 N–H and O–H groups in total. The van der Waals surface area contributed by atoms with Crippen LogP contribution in [0.4, 0.5) is 10.1 Å². The molecule has 6 heteroatoms. The van der Waals surface area contributed by atoms with Gasteiger partial charge in [0.25, 0.3) is 0 Å². The number of anilines is 1. The molecular weight excluding hydrogens is 449 g/mol. The normalized spacial score (nSPS) is 16.4. The Balaban J connectivity index is 0.000000669. The summed E-state index contributed by atoms with van der Waals surface area (Å²) in [5.41, 5.74) is 19.9. The maximum absolute atomic E-state index is 12.2. The summed E-state index contributed by atoms with van der Waals surface area (Å²) in [4.78, 5) is 0. The molecule has 0 aliphatic carbocycles. The number of aryl methyl sites for hydroxylation is 1. The van der Waals surface area contributed by atoms with Crippen molar-refractivity contribution in [2.24, 2.45) is 17.5 Å². The third-order valence-electron chi connectivity index (χ3n) is 5.50. The van der Waals surface area contributed by atoms with E-state index in [1.807, 2.05) is 37.3 Å². The number of hydrogen-bond donors (Lipinski definition) is 5. The van der Waals surface area contributed by atoms with Crippen molar-refractivity contribution in [3.8, 4) is 0 Å². The Morgan fingerprint density at radius 1 is 1.14 bits per heavy atom. The van der Waals surface area contributed by atoms with Gasteiger partial charge in [0.1, 0.15) is 5.82 Å². The van der Waals surface area contributed by atoms with Crippen molar-refractivity contribution in [1.29, 1.82) is 0 Å². The topological polar surface area (TPSA) is 102 Å². The van der Waals surface area contributed by atoms with E-state index < -0.39 is 0 Å². The summed E-state index contributed by atoms with van der Waals surface area (Å²) in [6.07, 6.45) is 9.26. The maximum Gasteiger partial charge on any atom is 0.123 e. The number of nitrogens with two attached hydrogens (primary N) is 3. The molecule has 2 aromatic carbocycles. The van der Waals surface area contributed by atoms with Gasteiger partial charge in [0.2, 0.25) is 0 Å². The standard InChI is InChI=1S/C19H26N2.C7H7F.C2H7N3.C2H4/c1-5-9-16-13(3)19(21-14(16)4)12-15(6-2)17-10-7-8-11-18(17)20;1-6-3-2-4-7(8)5-6;3-1-2-5-4;1-2/h6-8,10-13,19,21H,2,5,9,20H2,1,3-4H3;2-5H,1H3;1-2,5H,3-4H2;1-2H2/b15-12+;;2-1-;. The Labute approximate surface area is 217 Å². The number of benzene rings is 2. The number of rotatable bonds is 6. The number of hydrogen-bond acceptors (Lipinski definition) is 5. The molecule has 0 saturated heterocycles. The molecule has 5 nitrogen and oxygen atoms in total. The van der Waals surface area contributed by atoms with Gasteiger partial charge in [-0.15, -0.1) is 13.2 Å². The second-order valence-electron chi connectivity index (χ2n) is 8.10. The lowest BCUT2D eigenvalue weighted by Crippen LogP contribution is -2.25. The van der Waals surface area contributed by atoms with Gasteiger partial charge in [-0.3, -0.25) is 5.84 Å². The van der Waals surface area contributed by atoms with Gasteiger partial charge in [-0.1, -0.05) is 69.3 Å². The molecule has 0 radical (unpaired) electrons. The lowest BCUT2D eigenvalue weighted by molar-refractivity contribution is 0.569. The van der Waals surface area contributed by atoms with Crippen LogP contribution in [0.3, 0.4) is 0 Å². The molecule has 196 valence electrons. The zero-order valence-corrected chi connectivity index (χ0v) is 22.2. The third kappa shape index (κ3) is 11.1. The Morgan fingerprint density at radius 2 is 1.81 bits per heavy atom. The van der Waals surface area contributed by atoms with E-state index in [9.17, 15) is 4.39 Å². The summed E-state index contributed by atoms with van der Waals surface area (Å²) in [5, 5.41) is 3.61. The highest BCUT2D eigenvalue weighted by atomic mass is 19.1. The van der Waals surface area contributed by atoms with E-state index in [0.717, 1.165) is 22.4 Å². The smallest absolute Gasteiger partial charge is 0.123 e. The van der Waals surface area contributed by atoms with Crippen molar-refractivity contribution in [2.45, 2.75) is 46.6 Å². The Kier molecular flexibility index (Phi) is 16.6. The van der Waals surface area contributed by atoms with E-state index in [4.69, 9.17) is 17.3 Å². The number of nitrogens with one attached hydrogen (secondary N) is 2. The van der Waals surface area contributed by atoms with Crippen molar-refractivity contribution in [3.63, 3.8) is 0 Å².